The fourth-order valence-corrected chi connectivity index (χ4v) is 2.71. The topological polar surface area (TPSA) is 84.5 Å². The zero-order valence-electron chi connectivity index (χ0n) is 16.1. The van der Waals surface area contributed by atoms with Crippen LogP contribution in [0.25, 0.3) is 0 Å². The molecule has 0 fully saturated rings. The number of hydrogen-bond acceptors (Lipinski definition) is 4. The van der Waals surface area contributed by atoms with Crippen LogP contribution in [0.5, 0.6) is 0 Å². The molecule has 0 heterocycles. The number of ether oxygens (including phenoxy) is 1. The van der Waals surface area contributed by atoms with Gasteiger partial charge in [0, 0.05) is 23.9 Å². The minimum Gasteiger partial charge on any atom is -0.444 e. The average molecular weight is 406 g/mol. The number of halogens is 1. The number of amides is 2. The van der Waals surface area contributed by atoms with E-state index in [1.165, 1.54) is 43.3 Å². The molecule has 0 aliphatic rings. The van der Waals surface area contributed by atoms with Gasteiger partial charge in [-0.05, 0) is 48.5 Å². The molecule has 0 aliphatic carbocycles. The van der Waals surface area contributed by atoms with Crippen molar-refractivity contribution in [3.05, 3.63) is 95.8 Å². The van der Waals surface area contributed by atoms with E-state index in [9.17, 15) is 18.8 Å². The molecule has 3 rings (SSSR count). The molecule has 0 unspecified atom stereocenters. The summed E-state index contributed by atoms with van der Waals surface area (Å²) in [7, 11) is 0. The van der Waals surface area contributed by atoms with E-state index in [4.69, 9.17) is 4.74 Å². The third-order valence-electron chi connectivity index (χ3n) is 4.12. The Morgan fingerprint density at radius 1 is 0.800 bits per heavy atom. The number of carbonyl (C=O) groups is 3. The van der Waals surface area contributed by atoms with Gasteiger partial charge < -0.3 is 15.4 Å². The van der Waals surface area contributed by atoms with E-state index in [0.717, 1.165) is 0 Å². The van der Waals surface area contributed by atoms with Gasteiger partial charge in [0.15, 0.2) is 0 Å². The molecule has 152 valence electrons. The van der Waals surface area contributed by atoms with E-state index in [1.807, 2.05) is 0 Å². The Morgan fingerprint density at radius 2 is 1.37 bits per heavy atom. The van der Waals surface area contributed by atoms with Gasteiger partial charge in [-0.25, -0.2) is 9.18 Å². The lowest BCUT2D eigenvalue weighted by atomic mass is 10.1. The number of nitrogens with one attached hydrogen (secondary N) is 2. The number of esters is 1. The first-order valence-electron chi connectivity index (χ1n) is 9.12. The second-order valence-corrected chi connectivity index (χ2v) is 6.45. The van der Waals surface area contributed by atoms with Gasteiger partial charge in [0.2, 0.25) is 12.0 Å². The summed E-state index contributed by atoms with van der Waals surface area (Å²) in [6.45, 7) is 1.38. The van der Waals surface area contributed by atoms with E-state index in [2.05, 4.69) is 10.6 Å². The molecule has 2 amide bonds. The van der Waals surface area contributed by atoms with Crippen molar-refractivity contribution in [3.8, 4) is 0 Å². The van der Waals surface area contributed by atoms with Crippen LogP contribution in [-0.4, -0.2) is 17.8 Å². The summed E-state index contributed by atoms with van der Waals surface area (Å²) in [4.78, 5) is 36.5. The lowest BCUT2D eigenvalue weighted by molar-refractivity contribution is -0.125. The minimum atomic E-state index is -1.21. The van der Waals surface area contributed by atoms with E-state index in [1.54, 1.807) is 42.5 Å². The molecule has 3 aromatic carbocycles. The number of carbonyl (C=O) groups excluding carboxylic acids is 3. The highest BCUT2D eigenvalue weighted by Gasteiger charge is 2.26. The Kier molecular flexibility index (Phi) is 6.54. The molecule has 7 heteroatoms. The van der Waals surface area contributed by atoms with E-state index in [0.29, 0.717) is 16.9 Å². The van der Waals surface area contributed by atoms with E-state index in [-0.39, 0.29) is 11.5 Å². The summed E-state index contributed by atoms with van der Waals surface area (Å²) in [5, 5.41) is 5.23. The summed E-state index contributed by atoms with van der Waals surface area (Å²) < 4.78 is 18.6. The number of anilines is 2. The van der Waals surface area contributed by atoms with Crippen LogP contribution >= 0.6 is 0 Å². The van der Waals surface area contributed by atoms with Gasteiger partial charge in [-0.2, -0.15) is 0 Å². The molecule has 0 saturated heterocycles. The standard InChI is InChI=1S/C23H19FN2O4/c1-15(27)25-19-11-7-17(8-12-19)23(29)30-21(16-5-3-2-4-6-16)22(28)26-20-13-9-18(24)10-14-20/h2-14,21H,1H3,(H,25,27)(H,26,28)/t21-/m1/s1. The maximum Gasteiger partial charge on any atom is 0.339 e. The van der Waals surface area contributed by atoms with Crippen molar-refractivity contribution in [1.29, 1.82) is 0 Å². The summed E-state index contributed by atoms with van der Waals surface area (Å²) in [6, 6.07) is 19.9. The summed E-state index contributed by atoms with van der Waals surface area (Å²) >= 11 is 0. The molecular weight excluding hydrogens is 387 g/mol. The molecule has 1 atom stereocenters. The van der Waals surface area contributed by atoms with Crippen LogP contribution in [-0.2, 0) is 14.3 Å². The Balaban J connectivity index is 1.78. The maximum atomic E-state index is 13.1. The fraction of sp³-hybridized carbons (Fsp3) is 0.0870. The SMILES string of the molecule is CC(=O)Nc1ccc(C(=O)O[C@@H](C(=O)Nc2ccc(F)cc2)c2ccccc2)cc1. The van der Waals surface area contributed by atoms with Gasteiger partial charge >= 0.3 is 5.97 Å². The van der Waals surface area contributed by atoms with Crippen LogP contribution in [0.3, 0.4) is 0 Å². The summed E-state index contributed by atoms with van der Waals surface area (Å²) in [5.74, 6) is -1.93. The Labute approximate surface area is 172 Å². The van der Waals surface area contributed by atoms with Crippen LogP contribution < -0.4 is 10.6 Å². The Morgan fingerprint density at radius 3 is 1.97 bits per heavy atom. The van der Waals surface area contributed by atoms with Gasteiger partial charge in [-0.15, -0.1) is 0 Å². The number of hydrogen-bond donors (Lipinski definition) is 2. The van der Waals surface area contributed by atoms with Crippen LogP contribution in [0.1, 0.15) is 28.9 Å². The third-order valence-corrected chi connectivity index (χ3v) is 4.12. The lowest BCUT2D eigenvalue weighted by Gasteiger charge is -2.18. The molecule has 0 radical (unpaired) electrons. The Hall–Kier alpha value is -4.00. The average Bonchev–Trinajstić information content (AvgIpc) is 2.74. The van der Waals surface area contributed by atoms with Gasteiger partial charge in [0.25, 0.3) is 5.91 Å². The molecule has 2 N–H and O–H groups in total. The highest BCUT2D eigenvalue weighted by atomic mass is 19.1. The van der Waals surface area contributed by atoms with Gasteiger partial charge in [-0.3, -0.25) is 9.59 Å². The molecule has 30 heavy (non-hydrogen) atoms. The second-order valence-electron chi connectivity index (χ2n) is 6.45. The van der Waals surface area contributed by atoms with E-state index >= 15 is 0 Å². The van der Waals surface area contributed by atoms with Crippen LogP contribution in [0.4, 0.5) is 15.8 Å². The predicted octanol–water partition coefficient (Wildman–Crippen LogP) is 4.32. The lowest BCUT2D eigenvalue weighted by Crippen LogP contribution is -2.26. The minimum absolute atomic E-state index is 0.222. The number of benzene rings is 3. The van der Waals surface area contributed by atoms with Crippen LogP contribution in [0.15, 0.2) is 78.9 Å². The smallest absolute Gasteiger partial charge is 0.339 e. The largest absolute Gasteiger partial charge is 0.444 e. The van der Waals surface area contributed by atoms with Gasteiger partial charge in [0.05, 0.1) is 5.56 Å². The Bertz CT molecular complexity index is 1040. The monoisotopic (exact) mass is 406 g/mol. The summed E-state index contributed by atoms with van der Waals surface area (Å²) in [5.41, 5.74) is 1.62. The number of rotatable bonds is 6. The van der Waals surface area contributed by atoms with Crippen molar-refractivity contribution in [1.82, 2.24) is 0 Å². The normalized spacial score (nSPS) is 11.3. The first-order valence-corrected chi connectivity index (χ1v) is 9.12. The van der Waals surface area contributed by atoms with Gasteiger partial charge in [0.1, 0.15) is 5.82 Å². The molecule has 3 aromatic rings. The quantitative estimate of drug-likeness (QED) is 0.597. The second kappa shape index (κ2) is 9.47. The first-order chi connectivity index (χ1) is 14.4. The highest BCUT2D eigenvalue weighted by Crippen LogP contribution is 2.22. The van der Waals surface area contributed by atoms with Crippen molar-refractivity contribution in [2.24, 2.45) is 0 Å². The third kappa shape index (κ3) is 5.51. The van der Waals surface area contributed by atoms with Crippen molar-refractivity contribution < 1.29 is 23.5 Å². The highest BCUT2D eigenvalue weighted by molar-refractivity contribution is 5.98. The van der Waals surface area contributed by atoms with Crippen LogP contribution in [0, 0.1) is 5.82 Å². The molecule has 0 aliphatic heterocycles. The zero-order chi connectivity index (χ0) is 21.5. The van der Waals surface area contributed by atoms with Crippen molar-refractivity contribution in [2.45, 2.75) is 13.0 Å². The predicted molar refractivity (Wildman–Crippen MR) is 110 cm³/mol. The fourth-order valence-electron chi connectivity index (χ4n) is 2.71. The zero-order valence-corrected chi connectivity index (χ0v) is 16.1. The molecule has 0 aromatic heterocycles. The maximum absolute atomic E-state index is 13.1. The van der Waals surface area contributed by atoms with E-state index < -0.39 is 23.8 Å². The van der Waals surface area contributed by atoms with Crippen molar-refractivity contribution >= 4 is 29.2 Å². The molecule has 0 bridgehead atoms. The molecule has 0 saturated carbocycles. The summed E-state index contributed by atoms with van der Waals surface area (Å²) in [6.07, 6.45) is -1.21. The van der Waals surface area contributed by atoms with Crippen molar-refractivity contribution in [3.63, 3.8) is 0 Å². The van der Waals surface area contributed by atoms with Crippen molar-refractivity contribution in [2.75, 3.05) is 10.6 Å². The first kappa shape index (κ1) is 20.7. The van der Waals surface area contributed by atoms with Gasteiger partial charge in [-0.1, -0.05) is 30.3 Å². The molecule has 0 spiro atoms. The molecular formula is C23H19FN2O4. The van der Waals surface area contributed by atoms with Crippen LogP contribution in [0.2, 0.25) is 0 Å². The molecule has 6 nitrogen and oxygen atoms in total.